The first-order chi connectivity index (χ1) is 10.9. The Morgan fingerprint density at radius 3 is 2.48 bits per heavy atom. The molecular weight excluding hydrogens is 310 g/mol. The maximum atomic E-state index is 11.6. The zero-order valence-electron chi connectivity index (χ0n) is 14.6. The van der Waals surface area contributed by atoms with Gasteiger partial charge in [0.2, 0.25) is 0 Å². The summed E-state index contributed by atoms with van der Waals surface area (Å²) in [4.78, 5) is 4.94. The van der Waals surface area contributed by atoms with Gasteiger partial charge in [0.05, 0.1) is 11.4 Å². The van der Waals surface area contributed by atoms with Crippen LogP contribution in [0.3, 0.4) is 0 Å². The lowest BCUT2D eigenvalue weighted by molar-refractivity contribution is 0.601. The van der Waals surface area contributed by atoms with Crippen molar-refractivity contribution in [3.05, 3.63) is 29.3 Å². The second-order valence-electron chi connectivity index (χ2n) is 5.70. The van der Waals surface area contributed by atoms with Crippen molar-refractivity contribution < 1.29 is 8.42 Å². The molecule has 0 aliphatic heterocycles. The molecule has 0 fully saturated rings. The van der Waals surface area contributed by atoms with Gasteiger partial charge in [-0.25, -0.2) is 13.4 Å². The van der Waals surface area contributed by atoms with E-state index >= 15 is 0 Å². The minimum absolute atomic E-state index is 0.384. The fraction of sp³-hybridized carbons (Fsp3) is 0.588. The number of benzene rings is 1. The molecule has 0 saturated carbocycles. The highest BCUT2D eigenvalue weighted by atomic mass is 32.2. The molecular formula is C17H29N3O2S. The Morgan fingerprint density at radius 1 is 1.17 bits per heavy atom. The minimum Gasteiger partial charge on any atom is -0.357 e. The summed E-state index contributed by atoms with van der Waals surface area (Å²) in [6, 6.07) is 5.38. The van der Waals surface area contributed by atoms with E-state index in [1.807, 2.05) is 26.0 Å². The smallest absolute Gasteiger partial charge is 0.191 e. The van der Waals surface area contributed by atoms with Crippen molar-refractivity contribution in [2.24, 2.45) is 4.99 Å². The van der Waals surface area contributed by atoms with E-state index in [1.165, 1.54) is 19.1 Å². The SMILES string of the molecule is CCCCCNC(=NCc1ccc(S(C)(=O)=O)c(C)c1)NCC. The number of guanidine groups is 1. The Balaban J connectivity index is 2.73. The average Bonchev–Trinajstić information content (AvgIpc) is 2.47. The number of hydrogen-bond donors (Lipinski definition) is 2. The number of nitrogens with zero attached hydrogens (tertiary/aromatic N) is 1. The number of aliphatic imine (C=N–C) groups is 1. The third kappa shape index (κ3) is 7.03. The van der Waals surface area contributed by atoms with Crippen LogP contribution in [-0.2, 0) is 16.4 Å². The first-order valence-corrected chi connectivity index (χ1v) is 10.1. The molecule has 2 N–H and O–H groups in total. The Bertz CT molecular complexity index is 625. The summed E-state index contributed by atoms with van der Waals surface area (Å²) in [5, 5.41) is 6.54. The fourth-order valence-corrected chi connectivity index (χ4v) is 3.28. The second kappa shape index (κ2) is 9.55. The molecule has 130 valence electrons. The third-order valence-electron chi connectivity index (χ3n) is 3.48. The van der Waals surface area contributed by atoms with Gasteiger partial charge in [-0.1, -0.05) is 31.9 Å². The number of nitrogens with one attached hydrogen (secondary N) is 2. The van der Waals surface area contributed by atoms with Gasteiger partial charge in [0.15, 0.2) is 15.8 Å². The van der Waals surface area contributed by atoms with Gasteiger partial charge in [0, 0.05) is 19.3 Å². The van der Waals surface area contributed by atoms with Gasteiger partial charge in [0.25, 0.3) is 0 Å². The maximum Gasteiger partial charge on any atom is 0.191 e. The molecule has 0 saturated heterocycles. The van der Waals surface area contributed by atoms with Crippen LogP contribution in [-0.4, -0.2) is 33.7 Å². The molecule has 5 nitrogen and oxygen atoms in total. The molecule has 6 heteroatoms. The van der Waals surface area contributed by atoms with E-state index in [0.717, 1.165) is 36.6 Å². The van der Waals surface area contributed by atoms with Gasteiger partial charge in [-0.2, -0.15) is 0 Å². The molecule has 0 bridgehead atoms. The summed E-state index contributed by atoms with van der Waals surface area (Å²) < 4.78 is 23.3. The van der Waals surface area contributed by atoms with Gasteiger partial charge >= 0.3 is 0 Å². The van der Waals surface area contributed by atoms with E-state index < -0.39 is 9.84 Å². The van der Waals surface area contributed by atoms with Crippen LogP contribution in [0.1, 0.15) is 44.2 Å². The zero-order valence-corrected chi connectivity index (χ0v) is 15.5. The van der Waals surface area contributed by atoms with Crippen LogP contribution < -0.4 is 10.6 Å². The molecule has 0 heterocycles. The van der Waals surface area contributed by atoms with Crippen LogP contribution in [0.25, 0.3) is 0 Å². The lowest BCUT2D eigenvalue weighted by Crippen LogP contribution is -2.37. The quantitative estimate of drug-likeness (QED) is 0.434. The molecule has 0 aliphatic rings. The van der Waals surface area contributed by atoms with Crippen molar-refractivity contribution in [1.29, 1.82) is 0 Å². The topological polar surface area (TPSA) is 70.6 Å². The van der Waals surface area contributed by atoms with E-state index in [-0.39, 0.29) is 0 Å². The summed E-state index contributed by atoms with van der Waals surface area (Å²) in [7, 11) is -3.17. The number of unbranched alkanes of at least 4 members (excludes halogenated alkanes) is 2. The Hall–Kier alpha value is -1.56. The molecule has 0 atom stereocenters. The van der Waals surface area contributed by atoms with Crippen molar-refractivity contribution in [2.45, 2.75) is 51.5 Å². The van der Waals surface area contributed by atoms with Crippen LogP contribution in [0.5, 0.6) is 0 Å². The average molecular weight is 340 g/mol. The summed E-state index contributed by atoms with van der Waals surface area (Å²) in [5.74, 6) is 0.799. The first-order valence-electron chi connectivity index (χ1n) is 8.20. The summed E-state index contributed by atoms with van der Waals surface area (Å²) in [6.45, 7) is 8.28. The molecule has 0 unspecified atom stereocenters. The Labute approximate surface area is 140 Å². The predicted molar refractivity (Wildman–Crippen MR) is 96.6 cm³/mol. The van der Waals surface area contributed by atoms with Crippen LogP contribution in [0.15, 0.2) is 28.1 Å². The highest BCUT2D eigenvalue weighted by Crippen LogP contribution is 2.17. The van der Waals surface area contributed by atoms with E-state index in [4.69, 9.17) is 0 Å². The summed E-state index contributed by atoms with van der Waals surface area (Å²) >= 11 is 0. The standard InChI is InChI=1S/C17H29N3O2S/c1-5-7-8-11-19-17(18-6-2)20-13-15-9-10-16(14(3)12-15)23(4,21)22/h9-10,12H,5-8,11,13H2,1-4H3,(H2,18,19,20). The van der Waals surface area contributed by atoms with E-state index in [0.29, 0.717) is 11.4 Å². The number of aryl methyl sites for hydroxylation is 1. The predicted octanol–water partition coefficient (Wildman–Crippen LogP) is 2.64. The summed E-state index contributed by atoms with van der Waals surface area (Å²) in [6.07, 6.45) is 4.76. The number of rotatable bonds is 8. The molecule has 0 spiro atoms. The Kier molecular flexibility index (Phi) is 8.09. The van der Waals surface area contributed by atoms with Gasteiger partial charge in [-0.3, -0.25) is 0 Å². The largest absolute Gasteiger partial charge is 0.357 e. The monoisotopic (exact) mass is 339 g/mol. The second-order valence-corrected chi connectivity index (χ2v) is 7.69. The molecule has 0 amide bonds. The molecule has 23 heavy (non-hydrogen) atoms. The van der Waals surface area contributed by atoms with Gasteiger partial charge in [0.1, 0.15) is 0 Å². The Morgan fingerprint density at radius 2 is 1.91 bits per heavy atom. The van der Waals surface area contributed by atoms with Gasteiger partial charge < -0.3 is 10.6 Å². The lowest BCUT2D eigenvalue weighted by atomic mass is 10.1. The van der Waals surface area contributed by atoms with E-state index in [9.17, 15) is 8.42 Å². The molecule has 0 radical (unpaired) electrons. The van der Waals surface area contributed by atoms with Crippen molar-refractivity contribution in [3.63, 3.8) is 0 Å². The van der Waals surface area contributed by atoms with Crippen molar-refractivity contribution in [3.8, 4) is 0 Å². The van der Waals surface area contributed by atoms with Crippen molar-refractivity contribution >= 4 is 15.8 Å². The van der Waals surface area contributed by atoms with Crippen LogP contribution in [0, 0.1) is 6.92 Å². The first kappa shape index (κ1) is 19.5. The van der Waals surface area contributed by atoms with Gasteiger partial charge in [-0.15, -0.1) is 0 Å². The number of hydrogen-bond acceptors (Lipinski definition) is 3. The third-order valence-corrected chi connectivity index (χ3v) is 4.73. The van der Waals surface area contributed by atoms with E-state index in [2.05, 4.69) is 22.5 Å². The highest BCUT2D eigenvalue weighted by Gasteiger charge is 2.10. The molecule has 1 rings (SSSR count). The van der Waals surface area contributed by atoms with Crippen LogP contribution >= 0.6 is 0 Å². The van der Waals surface area contributed by atoms with E-state index in [1.54, 1.807) is 6.07 Å². The minimum atomic E-state index is -3.17. The van der Waals surface area contributed by atoms with Crippen LogP contribution in [0.2, 0.25) is 0 Å². The fourth-order valence-electron chi connectivity index (χ4n) is 2.32. The molecule has 0 aromatic heterocycles. The highest BCUT2D eigenvalue weighted by molar-refractivity contribution is 7.90. The lowest BCUT2D eigenvalue weighted by Gasteiger charge is -2.11. The van der Waals surface area contributed by atoms with Gasteiger partial charge in [-0.05, 0) is 37.5 Å². The molecule has 0 aliphatic carbocycles. The number of sulfone groups is 1. The maximum absolute atomic E-state index is 11.6. The normalized spacial score (nSPS) is 12.3. The van der Waals surface area contributed by atoms with Crippen LogP contribution in [0.4, 0.5) is 0 Å². The molecule has 1 aromatic rings. The summed E-state index contributed by atoms with van der Waals surface area (Å²) in [5.41, 5.74) is 1.77. The van der Waals surface area contributed by atoms with Crippen molar-refractivity contribution in [2.75, 3.05) is 19.3 Å². The van der Waals surface area contributed by atoms with Crippen molar-refractivity contribution in [1.82, 2.24) is 10.6 Å². The molecule has 1 aromatic carbocycles. The zero-order chi connectivity index (χ0) is 17.3.